The minimum absolute atomic E-state index is 0. The molecule has 0 spiro atoms. The Morgan fingerprint density at radius 1 is 0.537 bits per heavy atom. The average molecular weight is 876 g/mol. The van der Waals surface area contributed by atoms with Crippen LogP contribution in [0.25, 0.3) is 78.4 Å². The predicted molar refractivity (Wildman–Crippen MR) is 211 cm³/mol. The molecule has 0 bridgehead atoms. The van der Waals surface area contributed by atoms with Crippen LogP contribution in [0, 0.1) is 12.1 Å². The van der Waals surface area contributed by atoms with Crippen molar-refractivity contribution >= 4 is 21.7 Å². The van der Waals surface area contributed by atoms with Crippen LogP contribution < -0.4 is 0 Å². The first-order valence-corrected chi connectivity index (χ1v) is 17.9. The normalized spacial score (nSPS) is 12.0. The zero-order valence-corrected chi connectivity index (χ0v) is 31.6. The molecule has 0 fully saturated rings. The standard InChI is InChI=1S/C30H19N4.C17H14NO.Ir/c1-3-11-22(12-4-1)28-32-29(23-13-5-2-6-14-23)34-30(33-28)25-16-9-15-24(20-25)27-26-17-8-7-10-21(26)18-19-31-27;1-2-8-13-12(6-1)7-5-10-14(13)17-15-9-3-4-11-16(15)19-18-17;/h1-14,16-20H;3-5,7,9,11H,1-2,6,8H2;/q2*-1;. The number of fused-ring (bicyclic) bond motifs is 3. The van der Waals surface area contributed by atoms with Crippen molar-refractivity contribution in [3.05, 3.63) is 175 Å². The molecule has 1 aliphatic carbocycles. The summed E-state index contributed by atoms with van der Waals surface area (Å²) < 4.78 is 5.42. The maximum absolute atomic E-state index is 5.42. The maximum atomic E-state index is 5.42. The van der Waals surface area contributed by atoms with Gasteiger partial charge in [-0.2, -0.15) is 0 Å². The van der Waals surface area contributed by atoms with Crippen LogP contribution in [0.3, 0.4) is 0 Å². The van der Waals surface area contributed by atoms with Gasteiger partial charge in [0.05, 0.1) is 0 Å². The Morgan fingerprint density at radius 2 is 1.17 bits per heavy atom. The van der Waals surface area contributed by atoms with E-state index in [1.165, 1.54) is 30.4 Å². The first kappa shape index (κ1) is 34.9. The number of para-hydroxylation sites is 1. The fourth-order valence-electron chi connectivity index (χ4n) is 7.00. The van der Waals surface area contributed by atoms with Gasteiger partial charge in [0.1, 0.15) is 5.82 Å². The van der Waals surface area contributed by atoms with Gasteiger partial charge < -0.3 is 9.51 Å². The summed E-state index contributed by atoms with van der Waals surface area (Å²) in [5, 5.41) is 7.58. The van der Waals surface area contributed by atoms with Crippen LogP contribution in [0.4, 0.5) is 0 Å². The van der Waals surface area contributed by atoms with E-state index < -0.39 is 0 Å². The molecule has 7 heteroatoms. The molecule has 9 aromatic rings. The first-order chi connectivity index (χ1) is 26.3. The van der Waals surface area contributed by atoms with Gasteiger partial charge in [0.15, 0.2) is 17.2 Å². The van der Waals surface area contributed by atoms with Crippen molar-refractivity contribution in [2.24, 2.45) is 0 Å². The van der Waals surface area contributed by atoms with Crippen LogP contribution in [0.5, 0.6) is 0 Å². The van der Waals surface area contributed by atoms with Crippen LogP contribution in [0.15, 0.2) is 156 Å². The van der Waals surface area contributed by atoms with E-state index >= 15 is 0 Å². The predicted octanol–water partition coefficient (Wildman–Crippen LogP) is 11.1. The smallest absolute Gasteiger partial charge is 0.164 e. The van der Waals surface area contributed by atoms with Crippen molar-refractivity contribution in [1.29, 1.82) is 0 Å². The van der Waals surface area contributed by atoms with Gasteiger partial charge >= 0.3 is 0 Å². The number of benzene rings is 6. The van der Waals surface area contributed by atoms with Gasteiger partial charge in [-0.25, -0.2) is 15.0 Å². The summed E-state index contributed by atoms with van der Waals surface area (Å²) in [5.41, 5.74) is 10.3. The van der Waals surface area contributed by atoms with Crippen LogP contribution >= 0.6 is 0 Å². The van der Waals surface area contributed by atoms with Crippen molar-refractivity contribution < 1.29 is 24.6 Å². The molecular weight excluding hydrogens is 843 g/mol. The first-order valence-electron chi connectivity index (χ1n) is 17.9. The molecule has 1 radical (unpaired) electrons. The second kappa shape index (κ2) is 15.8. The summed E-state index contributed by atoms with van der Waals surface area (Å²) >= 11 is 0. The summed E-state index contributed by atoms with van der Waals surface area (Å²) in [4.78, 5) is 19.1. The average Bonchev–Trinajstić information content (AvgIpc) is 3.68. The van der Waals surface area contributed by atoms with Crippen molar-refractivity contribution in [2.45, 2.75) is 25.7 Å². The number of aryl methyl sites for hydroxylation is 1. The SMILES string of the molecule is [Ir].[c-]1ccc(-c2nc(-c3ccccc3)nc(-c3ccccc3)n2)cc1-c1nccc2ccccc12.[c-]1ccc2c(c1-c1noc3ccccc13)CCCC2. The molecule has 0 amide bonds. The Labute approximate surface area is 327 Å². The van der Waals surface area contributed by atoms with Gasteiger partial charge in [-0.15, -0.1) is 69.9 Å². The van der Waals surface area contributed by atoms with Crippen molar-refractivity contribution in [3.8, 4) is 56.7 Å². The summed E-state index contributed by atoms with van der Waals surface area (Å²) in [7, 11) is 0. The Morgan fingerprint density at radius 3 is 1.93 bits per heavy atom. The molecular formula is C47H33IrN5O-2. The third-order valence-corrected chi connectivity index (χ3v) is 9.63. The summed E-state index contributed by atoms with van der Waals surface area (Å²) in [6, 6.07) is 55.1. The van der Waals surface area contributed by atoms with Crippen LogP contribution in [0.2, 0.25) is 0 Å². The van der Waals surface area contributed by atoms with Gasteiger partial charge in [0.2, 0.25) is 0 Å². The molecule has 54 heavy (non-hydrogen) atoms. The topological polar surface area (TPSA) is 77.6 Å². The van der Waals surface area contributed by atoms with E-state index in [9.17, 15) is 0 Å². The number of pyridine rings is 1. The van der Waals surface area contributed by atoms with Crippen molar-refractivity contribution in [1.82, 2.24) is 25.1 Å². The Kier molecular flexibility index (Phi) is 10.2. The minimum atomic E-state index is 0. The van der Waals surface area contributed by atoms with Gasteiger partial charge in [-0.05, 0) is 35.0 Å². The molecule has 10 rings (SSSR count). The molecule has 1 aliphatic rings. The zero-order chi connectivity index (χ0) is 35.4. The molecule has 3 aromatic heterocycles. The van der Waals surface area contributed by atoms with Gasteiger partial charge in [0.25, 0.3) is 0 Å². The molecule has 0 N–H and O–H groups in total. The largest absolute Gasteiger partial charge is 0.366 e. The quantitative estimate of drug-likeness (QED) is 0.160. The van der Waals surface area contributed by atoms with E-state index in [0.717, 1.165) is 67.4 Å². The fraction of sp³-hybridized carbons (Fsp3) is 0.0851. The molecule has 263 valence electrons. The van der Waals surface area contributed by atoms with Crippen molar-refractivity contribution in [2.75, 3.05) is 0 Å². The van der Waals surface area contributed by atoms with Crippen LogP contribution in [-0.4, -0.2) is 25.1 Å². The summed E-state index contributed by atoms with van der Waals surface area (Å²) in [5.74, 6) is 1.90. The number of hydrogen-bond acceptors (Lipinski definition) is 6. The second-order valence-corrected chi connectivity index (χ2v) is 13.0. The molecule has 6 nitrogen and oxygen atoms in total. The van der Waals surface area contributed by atoms with E-state index in [1.807, 2.05) is 128 Å². The zero-order valence-electron chi connectivity index (χ0n) is 29.2. The van der Waals surface area contributed by atoms with E-state index in [2.05, 4.69) is 46.5 Å². The number of rotatable bonds is 5. The van der Waals surface area contributed by atoms with Crippen LogP contribution in [0.1, 0.15) is 24.0 Å². The third-order valence-electron chi connectivity index (χ3n) is 9.63. The molecule has 0 saturated heterocycles. The third kappa shape index (κ3) is 7.12. The Balaban J connectivity index is 0.000000175. The van der Waals surface area contributed by atoms with Gasteiger partial charge in [0, 0.05) is 48.5 Å². The number of hydrogen-bond donors (Lipinski definition) is 0. The number of aromatic nitrogens is 5. The second-order valence-electron chi connectivity index (χ2n) is 13.0. The fourth-order valence-corrected chi connectivity index (χ4v) is 7.00. The van der Waals surface area contributed by atoms with Gasteiger partial charge in [-0.1, -0.05) is 128 Å². The Bertz CT molecular complexity index is 2630. The molecule has 3 heterocycles. The Hall–Kier alpha value is -6.14. The number of nitrogens with zero attached hydrogens (tertiary/aromatic N) is 5. The van der Waals surface area contributed by atoms with Crippen LogP contribution in [-0.2, 0) is 32.9 Å². The molecule has 6 aromatic carbocycles. The minimum Gasteiger partial charge on any atom is -0.366 e. The summed E-state index contributed by atoms with van der Waals surface area (Å²) in [6.45, 7) is 0. The monoisotopic (exact) mass is 876 g/mol. The molecule has 0 aliphatic heterocycles. The summed E-state index contributed by atoms with van der Waals surface area (Å²) in [6.07, 6.45) is 6.68. The van der Waals surface area contributed by atoms with E-state index in [1.54, 1.807) is 0 Å². The van der Waals surface area contributed by atoms with E-state index in [-0.39, 0.29) is 20.1 Å². The van der Waals surface area contributed by atoms with Gasteiger partial charge in [-0.3, -0.25) is 0 Å². The molecule has 0 saturated carbocycles. The molecule has 0 atom stereocenters. The van der Waals surface area contributed by atoms with E-state index in [4.69, 9.17) is 19.5 Å². The van der Waals surface area contributed by atoms with Crippen molar-refractivity contribution in [3.63, 3.8) is 0 Å². The molecule has 0 unspecified atom stereocenters. The maximum Gasteiger partial charge on any atom is 0.164 e. The van der Waals surface area contributed by atoms with E-state index in [0.29, 0.717) is 17.5 Å².